The molecular weight excluding hydrogens is 138 g/mol. The van der Waals surface area contributed by atoms with Gasteiger partial charge in [0.2, 0.25) is 0 Å². The molecule has 0 aromatic rings. The maximum absolute atomic E-state index is 4.28. The fourth-order valence-electron chi connectivity index (χ4n) is 0.724. The molecular formula is C8H13N3. The number of nitrogens with one attached hydrogen (secondary N) is 1. The van der Waals surface area contributed by atoms with Crippen LogP contribution in [0.15, 0.2) is 22.4 Å². The Bertz CT molecular complexity index is 217. The standard InChI is InChI=1S/C8H13N3/c1-4-8(3)5-9-7(2)10-6-11-8/h5-6H,2,4H2,1,3H3,(H,10,11). The molecule has 0 aromatic carbocycles. The highest BCUT2D eigenvalue weighted by molar-refractivity contribution is 5.76. The Morgan fingerprint density at radius 2 is 2.45 bits per heavy atom. The third-order valence-electron chi connectivity index (χ3n) is 1.80. The zero-order valence-corrected chi connectivity index (χ0v) is 6.96. The summed E-state index contributed by atoms with van der Waals surface area (Å²) in [5.74, 6) is 0.644. The summed E-state index contributed by atoms with van der Waals surface area (Å²) in [6.07, 6.45) is 4.42. The van der Waals surface area contributed by atoms with Crippen LogP contribution >= 0.6 is 0 Å². The molecule has 0 bridgehead atoms. The molecule has 1 heterocycles. The second kappa shape index (κ2) is 2.86. The fraction of sp³-hybridized carbons (Fsp3) is 0.500. The van der Waals surface area contributed by atoms with E-state index >= 15 is 0 Å². The number of rotatable bonds is 1. The summed E-state index contributed by atoms with van der Waals surface area (Å²) in [5, 5.41) is 2.85. The van der Waals surface area contributed by atoms with Crippen LogP contribution in [0, 0.1) is 0 Å². The lowest BCUT2D eigenvalue weighted by Gasteiger charge is -2.14. The highest BCUT2D eigenvalue weighted by atomic mass is 15.1. The Balaban J connectivity index is 2.84. The summed E-state index contributed by atoms with van der Waals surface area (Å²) in [6.45, 7) is 7.79. The molecule has 1 rings (SSSR count). The van der Waals surface area contributed by atoms with Crippen molar-refractivity contribution in [2.24, 2.45) is 9.98 Å². The second-order valence-corrected chi connectivity index (χ2v) is 2.82. The van der Waals surface area contributed by atoms with Crippen molar-refractivity contribution in [2.75, 3.05) is 0 Å². The molecule has 0 radical (unpaired) electrons. The van der Waals surface area contributed by atoms with Gasteiger partial charge in [0.25, 0.3) is 0 Å². The lowest BCUT2D eigenvalue weighted by Crippen LogP contribution is -2.22. The molecule has 0 fully saturated rings. The first kappa shape index (κ1) is 7.98. The van der Waals surface area contributed by atoms with Gasteiger partial charge in [-0.1, -0.05) is 13.5 Å². The molecule has 1 N–H and O–H groups in total. The van der Waals surface area contributed by atoms with Gasteiger partial charge in [0.05, 0.1) is 11.9 Å². The van der Waals surface area contributed by atoms with Gasteiger partial charge in [-0.25, -0.2) is 4.99 Å². The van der Waals surface area contributed by atoms with E-state index in [1.807, 2.05) is 13.1 Å². The van der Waals surface area contributed by atoms with E-state index in [9.17, 15) is 0 Å². The Hall–Kier alpha value is -1.12. The first-order valence-electron chi connectivity index (χ1n) is 3.71. The fourth-order valence-corrected chi connectivity index (χ4v) is 0.724. The molecule has 1 unspecified atom stereocenters. The van der Waals surface area contributed by atoms with Gasteiger partial charge >= 0.3 is 0 Å². The van der Waals surface area contributed by atoms with Gasteiger partial charge in [-0.2, -0.15) is 0 Å². The van der Waals surface area contributed by atoms with Gasteiger partial charge in [-0.3, -0.25) is 4.99 Å². The number of aliphatic imine (C=N–C) groups is 2. The van der Waals surface area contributed by atoms with Gasteiger partial charge in [0, 0.05) is 6.21 Å². The van der Waals surface area contributed by atoms with E-state index < -0.39 is 0 Å². The summed E-state index contributed by atoms with van der Waals surface area (Å²) in [6, 6.07) is 0. The van der Waals surface area contributed by atoms with Gasteiger partial charge in [-0.05, 0) is 13.3 Å². The van der Waals surface area contributed by atoms with Crippen molar-refractivity contribution in [2.45, 2.75) is 25.8 Å². The normalized spacial score (nSPS) is 29.8. The third kappa shape index (κ3) is 1.90. The maximum Gasteiger partial charge on any atom is 0.123 e. The summed E-state index contributed by atoms with van der Waals surface area (Å²) in [4.78, 5) is 8.37. The van der Waals surface area contributed by atoms with E-state index in [0.717, 1.165) is 6.42 Å². The molecule has 0 saturated heterocycles. The molecule has 1 aliphatic heterocycles. The van der Waals surface area contributed by atoms with Gasteiger partial charge < -0.3 is 5.32 Å². The predicted octanol–water partition coefficient (Wildman–Crippen LogP) is 1.33. The monoisotopic (exact) mass is 151 g/mol. The van der Waals surface area contributed by atoms with Crippen molar-refractivity contribution in [3.63, 3.8) is 0 Å². The van der Waals surface area contributed by atoms with E-state index in [2.05, 4.69) is 28.8 Å². The lowest BCUT2D eigenvalue weighted by atomic mass is 10.0. The first-order chi connectivity index (χ1) is 5.16. The molecule has 1 aliphatic rings. The molecule has 60 valence electrons. The molecule has 11 heavy (non-hydrogen) atoms. The molecule has 0 saturated carbocycles. The van der Waals surface area contributed by atoms with E-state index in [4.69, 9.17) is 0 Å². The van der Waals surface area contributed by atoms with Crippen LogP contribution in [-0.2, 0) is 0 Å². The zero-order chi connectivity index (χ0) is 8.32. The van der Waals surface area contributed by atoms with Crippen molar-refractivity contribution in [3.8, 4) is 0 Å². The third-order valence-corrected chi connectivity index (χ3v) is 1.80. The zero-order valence-electron chi connectivity index (χ0n) is 6.96. The molecule has 0 spiro atoms. The smallest absolute Gasteiger partial charge is 0.123 e. The number of hydrogen-bond donors (Lipinski definition) is 1. The Kier molecular flexibility index (Phi) is 2.08. The van der Waals surface area contributed by atoms with E-state index in [1.165, 1.54) is 0 Å². The van der Waals surface area contributed by atoms with Crippen LogP contribution in [0.3, 0.4) is 0 Å². The van der Waals surface area contributed by atoms with Crippen molar-refractivity contribution >= 4 is 12.6 Å². The minimum atomic E-state index is -0.160. The largest absolute Gasteiger partial charge is 0.332 e. The predicted molar refractivity (Wildman–Crippen MR) is 48.0 cm³/mol. The van der Waals surface area contributed by atoms with Crippen LogP contribution in [-0.4, -0.2) is 18.1 Å². The van der Waals surface area contributed by atoms with Gasteiger partial charge in [0.15, 0.2) is 0 Å². The molecule has 3 heteroatoms. The second-order valence-electron chi connectivity index (χ2n) is 2.82. The minimum Gasteiger partial charge on any atom is -0.332 e. The number of nitrogens with zero attached hydrogens (tertiary/aromatic N) is 2. The van der Waals surface area contributed by atoms with Crippen LogP contribution in [0.25, 0.3) is 0 Å². The van der Waals surface area contributed by atoms with Crippen LogP contribution in [0.4, 0.5) is 0 Å². The van der Waals surface area contributed by atoms with Gasteiger partial charge in [0.1, 0.15) is 5.82 Å². The topological polar surface area (TPSA) is 36.8 Å². The molecule has 0 aliphatic carbocycles. The summed E-state index contributed by atoms with van der Waals surface area (Å²) in [7, 11) is 0. The van der Waals surface area contributed by atoms with Gasteiger partial charge in [-0.15, -0.1) is 0 Å². The lowest BCUT2D eigenvalue weighted by molar-refractivity contribution is 0.621. The quantitative estimate of drug-likeness (QED) is 0.603. The summed E-state index contributed by atoms with van der Waals surface area (Å²) >= 11 is 0. The van der Waals surface area contributed by atoms with Crippen LogP contribution in [0.1, 0.15) is 20.3 Å². The number of hydrogen-bond acceptors (Lipinski definition) is 3. The van der Waals surface area contributed by atoms with Crippen LogP contribution in [0.2, 0.25) is 0 Å². The maximum atomic E-state index is 4.28. The van der Waals surface area contributed by atoms with Crippen molar-refractivity contribution in [1.29, 1.82) is 0 Å². The average molecular weight is 151 g/mol. The highest BCUT2D eigenvalue weighted by Crippen LogP contribution is 2.13. The molecule has 1 atom stereocenters. The summed E-state index contributed by atoms with van der Waals surface area (Å²) in [5.41, 5.74) is -0.160. The Morgan fingerprint density at radius 1 is 1.73 bits per heavy atom. The molecule has 0 aromatic heterocycles. The van der Waals surface area contributed by atoms with Crippen molar-refractivity contribution < 1.29 is 0 Å². The minimum absolute atomic E-state index is 0.160. The SMILES string of the molecule is C=C1N=CC(C)(CC)N=CN1. The Labute approximate surface area is 66.9 Å². The van der Waals surface area contributed by atoms with E-state index in [1.54, 1.807) is 6.34 Å². The Morgan fingerprint density at radius 3 is 3.09 bits per heavy atom. The summed E-state index contributed by atoms with van der Waals surface area (Å²) < 4.78 is 0. The van der Waals surface area contributed by atoms with E-state index in [0.29, 0.717) is 5.82 Å². The van der Waals surface area contributed by atoms with Crippen molar-refractivity contribution in [3.05, 3.63) is 12.4 Å². The molecule has 0 amide bonds. The van der Waals surface area contributed by atoms with Crippen LogP contribution in [0.5, 0.6) is 0 Å². The molecule has 3 nitrogen and oxygen atoms in total. The van der Waals surface area contributed by atoms with E-state index in [-0.39, 0.29) is 5.54 Å². The average Bonchev–Trinajstić information content (AvgIpc) is 2.15. The first-order valence-corrected chi connectivity index (χ1v) is 3.71. The van der Waals surface area contributed by atoms with Crippen molar-refractivity contribution in [1.82, 2.24) is 5.32 Å². The van der Waals surface area contributed by atoms with Crippen LogP contribution < -0.4 is 5.32 Å². The highest BCUT2D eigenvalue weighted by Gasteiger charge is 2.17.